The minimum absolute atomic E-state index is 0.0106. The number of amides is 4. The average molecular weight is 527 g/mol. The van der Waals surface area contributed by atoms with E-state index in [0.29, 0.717) is 5.69 Å². The third-order valence-electron chi connectivity index (χ3n) is 5.64. The Bertz CT molecular complexity index is 1220. The molecule has 13 heteroatoms. The van der Waals surface area contributed by atoms with E-state index >= 15 is 0 Å². The molecule has 0 unspecified atom stereocenters. The first-order chi connectivity index (χ1) is 17.0. The number of benzene rings is 2. The fraction of sp³-hybridized carbons (Fsp3) is 0.348. The van der Waals surface area contributed by atoms with Gasteiger partial charge in [-0.15, -0.1) is 0 Å². The summed E-state index contributed by atoms with van der Waals surface area (Å²) in [4.78, 5) is 39.0. The van der Waals surface area contributed by atoms with Gasteiger partial charge in [0.1, 0.15) is 5.82 Å². The molecule has 0 aromatic heterocycles. The number of anilines is 1. The molecule has 9 nitrogen and oxygen atoms in total. The first kappa shape index (κ1) is 27.0. The highest BCUT2D eigenvalue weighted by atomic mass is 32.2. The molecule has 0 aliphatic carbocycles. The second kappa shape index (κ2) is 11.4. The maximum absolute atomic E-state index is 14.9. The Morgan fingerprint density at radius 2 is 1.67 bits per heavy atom. The Hall–Kier alpha value is -3.61. The van der Waals surface area contributed by atoms with Gasteiger partial charge in [0.15, 0.2) is 9.84 Å². The monoisotopic (exact) mass is 526 g/mol. The molecule has 4 amide bonds. The van der Waals surface area contributed by atoms with E-state index in [-0.39, 0.29) is 42.3 Å². The number of alkyl halides is 2. The molecule has 194 valence electrons. The Kier molecular flexibility index (Phi) is 8.56. The summed E-state index contributed by atoms with van der Waals surface area (Å²) in [5.41, 5.74) is 4.60. The third kappa shape index (κ3) is 6.74. The summed E-state index contributed by atoms with van der Waals surface area (Å²) in [6, 6.07) is 9.92. The quantitative estimate of drug-likeness (QED) is 0.561. The molecule has 0 bridgehead atoms. The van der Waals surface area contributed by atoms with Gasteiger partial charge < -0.3 is 4.90 Å². The lowest BCUT2D eigenvalue weighted by atomic mass is 10.1. The van der Waals surface area contributed by atoms with Crippen molar-refractivity contribution in [2.75, 3.05) is 29.5 Å². The van der Waals surface area contributed by atoms with Crippen LogP contribution in [0.25, 0.3) is 0 Å². The van der Waals surface area contributed by atoms with E-state index < -0.39 is 39.9 Å². The standard InChI is InChI=1S/C23H25F3N4O5S/c1-2-15-3-7-18(8-4-15)30(23(33)29-9-11-36(34,35)12-10-29)14-17-6-5-16(13-19(17)24)21(31)27-28-22(32)20(25)26/h3-8,13,20H,2,9-12,14H2,1H3,(H,27,31)(H,28,32). The Labute approximate surface area is 206 Å². The van der Waals surface area contributed by atoms with Crippen molar-refractivity contribution < 1.29 is 36.0 Å². The molecule has 36 heavy (non-hydrogen) atoms. The summed E-state index contributed by atoms with van der Waals surface area (Å²) in [5, 5.41) is 0. The minimum atomic E-state index is -3.33. The van der Waals surface area contributed by atoms with Crippen LogP contribution in [-0.4, -0.2) is 62.2 Å². The average Bonchev–Trinajstić information content (AvgIpc) is 2.86. The highest BCUT2D eigenvalue weighted by Crippen LogP contribution is 2.23. The van der Waals surface area contributed by atoms with Gasteiger partial charge in [0, 0.05) is 29.9 Å². The fourth-order valence-corrected chi connectivity index (χ4v) is 4.69. The van der Waals surface area contributed by atoms with Crippen molar-refractivity contribution >= 4 is 33.4 Å². The normalized spacial score (nSPS) is 14.9. The zero-order valence-corrected chi connectivity index (χ0v) is 20.2. The van der Waals surface area contributed by atoms with Gasteiger partial charge in [-0.2, -0.15) is 8.78 Å². The molecule has 0 saturated carbocycles. The number of carbonyl (C=O) groups is 3. The van der Waals surface area contributed by atoms with E-state index in [4.69, 9.17) is 0 Å². The van der Waals surface area contributed by atoms with Crippen LogP contribution in [-0.2, 0) is 27.6 Å². The van der Waals surface area contributed by atoms with Crippen molar-refractivity contribution in [2.24, 2.45) is 0 Å². The van der Waals surface area contributed by atoms with Crippen LogP contribution in [0.1, 0.15) is 28.4 Å². The molecule has 2 aromatic carbocycles. The van der Waals surface area contributed by atoms with Crippen LogP contribution >= 0.6 is 0 Å². The summed E-state index contributed by atoms with van der Waals surface area (Å²) < 4.78 is 63.0. The molecule has 1 saturated heterocycles. The largest absolute Gasteiger partial charge is 0.324 e. The summed E-state index contributed by atoms with van der Waals surface area (Å²) in [7, 11) is -3.22. The maximum atomic E-state index is 14.9. The lowest BCUT2D eigenvalue weighted by Crippen LogP contribution is -2.49. The van der Waals surface area contributed by atoms with Gasteiger partial charge in [-0.25, -0.2) is 17.6 Å². The van der Waals surface area contributed by atoms with Gasteiger partial charge in [-0.1, -0.05) is 25.1 Å². The molecule has 0 spiro atoms. The number of rotatable bonds is 6. The van der Waals surface area contributed by atoms with E-state index in [0.717, 1.165) is 18.1 Å². The van der Waals surface area contributed by atoms with E-state index in [1.54, 1.807) is 17.6 Å². The molecular formula is C23H25F3N4O5S. The fourth-order valence-electron chi connectivity index (χ4n) is 3.49. The van der Waals surface area contributed by atoms with Gasteiger partial charge >= 0.3 is 18.4 Å². The van der Waals surface area contributed by atoms with Gasteiger partial charge in [0.2, 0.25) is 0 Å². The highest BCUT2D eigenvalue weighted by molar-refractivity contribution is 7.91. The molecule has 1 heterocycles. The predicted molar refractivity (Wildman–Crippen MR) is 126 cm³/mol. The number of nitrogens with one attached hydrogen (secondary N) is 2. The number of aryl methyl sites for hydroxylation is 1. The second-order valence-electron chi connectivity index (χ2n) is 8.08. The van der Waals surface area contributed by atoms with E-state index in [2.05, 4.69) is 0 Å². The molecule has 1 aliphatic heterocycles. The van der Waals surface area contributed by atoms with Crippen LogP contribution in [0, 0.1) is 5.82 Å². The Balaban J connectivity index is 1.82. The zero-order valence-electron chi connectivity index (χ0n) is 19.3. The number of nitrogens with zero attached hydrogens (tertiary/aromatic N) is 2. The molecule has 0 radical (unpaired) electrons. The summed E-state index contributed by atoms with van der Waals surface area (Å²) in [5.74, 6) is -3.89. The van der Waals surface area contributed by atoms with E-state index in [1.165, 1.54) is 27.4 Å². The first-order valence-electron chi connectivity index (χ1n) is 11.0. The van der Waals surface area contributed by atoms with Crippen molar-refractivity contribution in [1.29, 1.82) is 0 Å². The van der Waals surface area contributed by atoms with Crippen LogP contribution in [0.15, 0.2) is 42.5 Å². The number of sulfone groups is 1. The molecule has 0 atom stereocenters. The van der Waals surface area contributed by atoms with Gasteiger partial charge in [-0.3, -0.25) is 25.3 Å². The number of hydrazine groups is 1. The molecule has 2 N–H and O–H groups in total. The van der Waals surface area contributed by atoms with Crippen LogP contribution in [0.3, 0.4) is 0 Å². The molecule has 1 fully saturated rings. The molecule has 3 rings (SSSR count). The van der Waals surface area contributed by atoms with Crippen molar-refractivity contribution in [3.63, 3.8) is 0 Å². The van der Waals surface area contributed by atoms with Crippen LogP contribution in [0.5, 0.6) is 0 Å². The summed E-state index contributed by atoms with van der Waals surface area (Å²) in [6.45, 7) is 1.77. The van der Waals surface area contributed by atoms with E-state index in [9.17, 15) is 36.0 Å². The van der Waals surface area contributed by atoms with Gasteiger partial charge in [0.05, 0.1) is 18.1 Å². The molecular weight excluding hydrogens is 501 g/mol. The highest BCUT2D eigenvalue weighted by Gasteiger charge is 2.29. The number of hydrogen-bond acceptors (Lipinski definition) is 5. The Morgan fingerprint density at radius 3 is 2.22 bits per heavy atom. The van der Waals surface area contributed by atoms with E-state index in [1.807, 2.05) is 19.1 Å². The van der Waals surface area contributed by atoms with Crippen molar-refractivity contribution in [2.45, 2.75) is 26.3 Å². The van der Waals surface area contributed by atoms with Gasteiger partial charge in [-0.05, 0) is 36.2 Å². The second-order valence-corrected chi connectivity index (χ2v) is 10.4. The summed E-state index contributed by atoms with van der Waals surface area (Å²) in [6.07, 6.45) is -2.56. The number of halogens is 3. The van der Waals surface area contributed by atoms with Crippen molar-refractivity contribution in [3.8, 4) is 0 Å². The molecule has 1 aliphatic rings. The minimum Gasteiger partial charge on any atom is -0.322 e. The molecule has 2 aromatic rings. The summed E-state index contributed by atoms with van der Waals surface area (Å²) >= 11 is 0. The SMILES string of the molecule is CCc1ccc(N(Cc2ccc(C(=O)NNC(=O)C(F)F)cc2F)C(=O)N2CCS(=O)(=O)CC2)cc1. The number of urea groups is 1. The van der Waals surface area contributed by atoms with Crippen LogP contribution < -0.4 is 15.8 Å². The maximum Gasteiger partial charge on any atom is 0.324 e. The number of hydrogen-bond donors (Lipinski definition) is 2. The van der Waals surface area contributed by atoms with Crippen LogP contribution in [0.2, 0.25) is 0 Å². The third-order valence-corrected chi connectivity index (χ3v) is 7.25. The predicted octanol–water partition coefficient (Wildman–Crippen LogP) is 2.27. The van der Waals surface area contributed by atoms with Crippen molar-refractivity contribution in [1.82, 2.24) is 15.8 Å². The smallest absolute Gasteiger partial charge is 0.322 e. The Morgan fingerprint density at radius 1 is 1.03 bits per heavy atom. The van der Waals surface area contributed by atoms with Crippen molar-refractivity contribution in [3.05, 3.63) is 65.0 Å². The van der Waals surface area contributed by atoms with Gasteiger partial charge in [0.25, 0.3) is 5.91 Å². The lowest BCUT2D eigenvalue weighted by molar-refractivity contribution is -0.132. The first-order valence-corrected chi connectivity index (χ1v) is 12.9. The number of carbonyl (C=O) groups excluding carboxylic acids is 3. The lowest BCUT2D eigenvalue weighted by Gasteiger charge is -2.33. The van der Waals surface area contributed by atoms with Crippen LogP contribution in [0.4, 0.5) is 23.7 Å². The topological polar surface area (TPSA) is 116 Å². The zero-order chi connectivity index (χ0) is 26.5.